The molecule has 138 valence electrons. The van der Waals surface area contributed by atoms with Crippen molar-refractivity contribution in [2.24, 2.45) is 0 Å². The van der Waals surface area contributed by atoms with Crippen molar-refractivity contribution in [3.63, 3.8) is 0 Å². The quantitative estimate of drug-likeness (QED) is 0.645. The van der Waals surface area contributed by atoms with E-state index in [4.69, 9.17) is 4.42 Å². The van der Waals surface area contributed by atoms with Crippen LogP contribution in [0.3, 0.4) is 0 Å². The van der Waals surface area contributed by atoms with E-state index in [9.17, 15) is 14.4 Å². The molecular weight excluding hydrogens is 338 g/mol. The molecule has 0 saturated heterocycles. The van der Waals surface area contributed by atoms with Gasteiger partial charge in [-0.05, 0) is 24.6 Å². The smallest absolute Gasteiger partial charge is 0.319 e. The lowest BCUT2D eigenvalue weighted by atomic mass is 10.3. The standard InChI is InChI=1S/C17H21N5O4/c1-20(2)17(25)21-6-4-7-22-13(11-21)9-12(19-22)10-18-16(24)15(23)14-5-3-8-26-14/h3,5,8-9H,4,6-7,10-11H2,1-2H3,(H,18,24). The largest absolute Gasteiger partial charge is 0.461 e. The summed E-state index contributed by atoms with van der Waals surface area (Å²) in [5.74, 6) is -1.47. The molecule has 9 heteroatoms. The van der Waals surface area contributed by atoms with Crippen LogP contribution in [0.2, 0.25) is 0 Å². The molecule has 26 heavy (non-hydrogen) atoms. The van der Waals surface area contributed by atoms with E-state index >= 15 is 0 Å². The van der Waals surface area contributed by atoms with Gasteiger partial charge in [0, 0.05) is 27.2 Å². The minimum atomic E-state index is -0.743. The van der Waals surface area contributed by atoms with Crippen LogP contribution in [0.1, 0.15) is 28.4 Å². The fraction of sp³-hybridized carbons (Fsp3) is 0.412. The van der Waals surface area contributed by atoms with E-state index in [2.05, 4.69) is 10.4 Å². The molecule has 1 aliphatic rings. The van der Waals surface area contributed by atoms with Crippen molar-refractivity contribution in [1.82, 2.24) is 24.9 Å². The van der Waals surface area contributed by atoms with Gasteiger partial charge in [-0.15, -0.1) is 0 Å². The third-order valence-corrected chi connectivity index (χ3v) is 4.10. The van der Waals surface area contributed by atoms with Crippen molar-refractivity contribution in [3.05, 3.63) is 41.6 Å². The summed E-state index contributed by atoms with van der Waals surface area (Å²) in [5.41, 5.74) is 1.54. The van der Waals surface area contributed by atoms with Gasteiger partial charge in [0.25, 0.3) is 11.7 Å². The second-order valence-corrected chi connectivity index (χ2v) is 6.29. The molecule has 1 aliphatic heterocycles. The van der Waals surface area contributed by atoms with E-state index in [0.29, 0.717) is 25.3 Å². The summed E-state index contributed by atoms with van der Waals surface area (Å²) in [6.07, 6.45) is 2.14. The van der Waals surface area contributed by atoms with Crippen LogP contribution >= 0.6 is 0 Å². The van der Waals surface area contributed by atoms with Crippen LogP contribution in [0.5, 0.6) is 0 Å². The van der Waals surface area contributed by atoms with Crippen LogP contribution < -0.4 is 5.32 Å². The highest BCUT2D eigenvalue weighted by molar-refractivity contribution is 6.41. The van der Waals surface area contributed by atoms with E-state index in [1.54, 1.807) is 30.0 Å². The second-order valence-electron chi connectivity index (χ2n) is 6.29. The number of nitrogens with zero attached hydrogens (tertiary/aromatic N) is 4. The zero-order chi connectivity index (χ0) is 18.7. The normalized spacial score (nSPS) is 13.7. The number of amides is 3. The molecule has 2 aromatic heterocycles. The zero-order valence-electron chi connectivity index (χ0n) is 14.8. The number of hydrogen-bond donors (Lipinski definition) is 1. The number of aryl methyl sites for hydroxylation is 1. The minimum Gasteiger partial charge on any atom is -0.461 e. The average molecular weight is 359 g/mol. The summed E-state index contributed by atoms with van der Waals surface area (Å²) in [7, 11) is 3.45. The molecule has 1 N–H and O–H groups in total. The zero-order valence-corrected chi connectivity index (χ0v) is 14.8. The number of aromatic nitrogens is 2. The van der Waals surface area contributed by atoms with Crippen molar-refractivity contribution in [2.45, 2.75) is 26.1 Å². The van der Waals surface area contributed by atoms with Gasteiger partial charge >= 0.3 is 6.03 Å². The first-order valence-corrected chi connectivity index (χ1v) is 8.33. The van der Waals surface area contributed by atoms with Gasteiger partial charge in [-0.1, -0.05) is 0 Å². The number of carbonyl (C=O) groups is 3. The van der Waals surface area contributed by atoms with Crippen molar-refractivity contribution in [2.75, 3.05) is 20.6 Å². The van der Waals surface area contributed by atoms with Gasteiger partial charge in [0.15, 0.2) is 5.76 Å². The molecule has 3 amide bonds. The van der Waals surface area contributed by atoms with Crippen molar-refractivity contribution < 1.29 is 18.8 Å². The summed E-state index contributed by atoms with van der Waals surface area (Å²) in [5, 5.41) is 7.01. The van der Waals surface area contributed by atoms with Crippen LogP contribution in [0.4, 0.5) is 4.79 Å². The Bertz CT molecular complexity index is 809. The maximum absolute atomic E-state index is 12.2. The first-order chi connectivity index (χ1) is 12.5. The molecule has 0 unspecified atom stereocenters. The molecule has 0 aromatic carbocycles. The van der Waals surface area contributed by atoms with Gasteiger partial charge in [-0.3, -0.25) is 14.3 Å². The van der Waals surface area contributed by atoms with Crippen LogP contribution in [0.25, 0.3) is 0 Å². The number of fused-ring (bicyclic) bond motifs is 1. The summed E-state index contributed by atoms with van der Waals surface area (Å²) in [6, 6.07) is 4.79. The minimum absolute atomic E-state index is 0.000891. The number of carbonyl (C=O) groups excluding carboxylic acids is 3. The maximum Gasteiger partial charge on any atom is 0.319 e. The van der Waals surface area contributed by atoms with E-state index in [0.717, 1.165) is 12.1 Å². The fourth-order valence-electron chi connectivity index (χ4n) is 2.83. The molecule has 0 aliphatic carbocycles. The molecule has 0 radical (unpaired) electrons. The number of urea groups is 1. The van der Waals surface area contributed by atoms with Gasteiger partial charge in [-0.2, -0.15) is 5.10 Å². The van der Waals surface area contributed by atoms with E-state index in [1.165, 1.54) is 12.3 Å². The third-order valence-electron chi connectivity index (χ3n) is 4.10. The van der Waals surface area contributed by atoms with Gasteiger partial charge < -0.3 is 19.5 Å². The Morgan fingerprint density at radius 3 is 2.81 bits per heavy atom. The first-order valence-electron chi connectivity index (χ1n) is 8.33. The lowest BCUT2D eigenvalue weighted by Gasteiger charge is -2.23. The molecule has 0 fully saturated rings. The predicted molar refractivity (Wildman–Crippen MR) is 91.2 cm³/mol. The third kappa shape index (κ3) is 3.76. The Morgan fingerprint density at radius 2 is 2.12 bits per heavy atom. The van der Waals surface area contributed by atoms with Gasteiger partial charge in [0.2, 0.25) is 0 Å². The van der Waals surface area contributed by atoms with Gasteiger partial charge in [0.1, 0.15) is 0 Å². The van der Waals surface area contributed by atoms with Gasteiger partial charge in [0.05, 0.1) is 30.7 Å². The second kappa shape index (κ2) is 7.42. The summed E-state index contributed by atoms with van der Waals surface area (Å²) < 4.78 is 6.78. The Hall–Kier alpha value is -3.10. The number of hydrogen-bond acceptors (Lipinski definition) is 5. The Morgan fingerprint density at radius 1 is 1.31 bits per heavy atom. The number of nitrogens with one attached hydrogen (secondary N) is 1. The number of furan rings is 1. The number of Topliss-reactive ketones (excluding diaryl/α,β-unsaturated/α-hetero) is 1. The highest BCUT2D eigenvalue weighted by Gasteiger charge is 2.23. The average Bonchev–Trinajstić information content (AvgIpc) is 3.24. The first kappa shape index (κ1) is 17.7. The van der Waals surface area contributed by atoms with E-state index < -0.39 is 11.7 Å². The van der Waals surface area contributed by atoms with Gasteiger partial charge in [-0.25, -0.2) is 4.79 Å². The predicted octanol–water partition coefficient (Wildman–Crippen LogP) is 0.862. The van der Waals surface area contributed by atoms with Crippen molar-refractivity contribution >= 4 is 17.7 Å². The molecule has 3 rings (SSSR count). The highest BCUT2D eigenvalue weighted by atomic mass is 16.3. The molecule has 0 spiro atoms. The van der Waals surface area contributed by atoms with Crippen LogP contribution in [0, 0.1) is 0 Å². The molecular formula is C17H21N5O4. The van der Waals surface area contributed by atoms with Crippen LogP contribution in [0.15, 0.2) is 28.9 Å². The van der Waals surface area contributed by atoms with E-state index in [1.807, 2.05) is 10.7 Å². The maximum atomic E-state index is 12.2. The summed E-state index contributed by atoms with van der Waals surface area (Å²) in [6.45, 7) is 1.96. The summed E-state index contributed by atoms with van der Waals surface area (Å²) >= 11 is 0. The molecule has 2 aromatic rings. The highest BCUT2D eigenvalue weighted by Crippen LogP contribution is 2.15. The molecule has 9 nitrogen and oxygen atoms in total. The molecule has 3 heterocycles. The number of ketones is 1. The Labute approximate surface area is 150 Å². The number of rotatable bonds is 4. The Balaban J connectivity index is 1.63. The van der Waals surface area contributed by atoms with Crippen molar-refractivity contribution in [1.29, 1.82) is 0 Å². The molecule has 0 atom stereocenters. The molecule has 0 bridgehead atoms. The Kier molecular flexibility index (Phi) is 5.06. The fourth-order valence-corrected chi connectivity index (χ4v) is 2.83. The summed E-state index contributed by atoms with van der Waals surface area (Å²) in [4.78, 5) is 39.3. The van der Waals surface area contributed by atoms with Crippen LogP contribution in [-0.2, 0) is 24.4 Å². The monoisotopic (exact) mass is 359 g/mol. The van der Waals surface area contributed by atoms with E-state index in [-0.39, 0.29) is 18.3 Å². The lowest BCUT2D eigenvalue weighted by Crippen LogP contribution is -2.38. The van der Waals surface area contributed by atoms with Crippen LogP contribution in [-0.4, -0.2) is 57.9 Å². The SMILES string of the molecule is CN(C)C(=O)N1CCCn2nc(CNC(=O)C(=O)c3ccco3)cc2C1. The molecule has 0 saturated carbocycles. The van der Waals surface area contributed by atoms with Crippen molar-refractivity contribution in [3.8, 4) is 0 Å². The lowest BCUT2D eigenvalue weighted by molar-refractivity contribution is -0.117. The topological polar surface area (TPSA) is 101 Å².